The number of ether oxygens (including phenoxy) is 1. The van der Waals surface area contributed by atoms with Gasteiger partial charge < -0.3 is 14.6 Å². The van der Waals surface area contributed by atoms with Gasteiger partial charge in [-0.05, 0) is 46.0 Å². The standard InChI is InChI=1S/C17H31N3O/c1-4-21-12-8-11-20-13-14(2)18-17(20)19-15(3)16-9-6-5-7-10-16/h13,15-16H,4-12H2,1-3H3,(H,18,19). The smallest absolute Gasteiger partial charge is 0.203 e. The lowest BCUT2D eigenvalue weighted by Crippen LogP contribution is -2.29. The number of anilines is 1. The zero-order chi connectivity index (χ0) is 15.1. The van der Waals surface area contributed by atoms with Crippen molar-refractivity contribution in [1.29, 1.82) is 0 Å². The SMILES string of the molecule is CCOCCCn1cc(C)nc1NC(C)C1CCCCC1. The Bertz CT molecular complexity index is 410. The third-order valence-electron chi connectivity index (χ3n) is 4.50. The fraction of sp³-hybridized carbons (Fsp3) is 0.824. The maximum atomic E-state index is 5.42. The summed E-state index contributed by atoms with van der Waals surface area (Å²) in [6.07, 6.45) is 10.1. The van der Waals surface area contributed by atoms with Crippen molar-refractivity contribution in [3.8, 4) is 0 Å². The molecule has 4 heteroatoms. The minimum Gasteiger partial charge on any atom is -0.382 e. The van der Waals surface area contributed by atoms with Crippen LogP contribution in [0.5, 0.6) is 0 Å². The van der Waals surface area contributed by atoms with Crippen molar-refractivity contribution in [1.82, 2.24) is 9.55 Å². The minimum atomic E-state index is 0.512. The average molecular weight is 293 g/mol. The van der Waals surface area contributed by atoms with Crippen molar-refractivity contribution in [2.45, 2.75) is 71.9 Å². The molecule has 21 heavy (non-hydrogen) atoms. The van der Waals surface area contributed by atoms with Crippen LogP contribution in [0.1, 0.15) is 58.1 Å². The first kappa shape index (κ1) is 16.3. The molecule has 0 saturated heterocycles. The van der Waals surface area contributed by atoms with E-state index >= 15 is 0 Å². The summed E-state index contributed by atoms with van der Waals surface area (Å²) in [6, 6.07) is 0.512. The monoisotopic (exact) mass is 293 g/mol. The third-order valence-corrected chi connectivity index (χ3v) is 4.50. The molecule has 1 atom stereocenters. The zero-order valence-electron chi connectivity index (χ0n) is 13.9. The molecule has 0 radical (unpaired) electrons. The van der Waals surface area contributed by atoms with Crippen LogP contribution in [0.3, 0.4) is 0 Å². The van der Waals surface area contributed by atoms with Crippen LogP contribution in [0.4, 0.5) is 5.95 Å². The van der Waals surface area contributed by atoms with Crippen LogP contribution < -0.4 is 5.32 Å². The van der Waals surface area contributed by atoms with Crippen molar-refractivity contribution in [3.63, 3.8) is 0 Å². The maximum Gasteiger partial charge on any atom is 0.203 e. The summed E-state index contributed by atoms with van der Waals surface area (Å²) in [7, 11) is 0. The van der Waals surface area contributed by atoms with Crippen molar-refractivity contribution in [3.05, 3.63) is 11.9 Å². The van der Waals surface area contributed by atoms with Gasteiger partial charge in [-0.1, -0.05) is 19.3 Å². The molecular formula is C17H31N3O. The van der Waals surface area contributed by atoms with Crippen molar-refractivity contribution < 1.29 is 4.74 Å². The fourth-order valence-electron chi connectivity index (χ4n) is 3.27. The second-order valence-electron chi connectivity index (χ2n) is 6.28. The first-order valence-electron chi connectivity index (χ1n) is 8.58. The molecule has 120 valence electrons. The Morgan fingerprint density at radius 2 is 2.14 bits per heavy atom. The van der Waals surface area contributed by atoms with E-state index in [1.165, 1.54) is 32.1 Å². The predicted molar refractivity (Wildman–Crippen MR) is 87.7 cm³/mol. The van der Waals surface area contributed by atoms with Crippen LogP contribution in [0.15, 0.2) is 6.20 Å². The quantitative estimate of drug-likeness (QED) is 0.736. The van der Waals surface area contributed by atoms with Gasteiger partial charge in [0.25, 0.3) is 0 Å². The largest absolute Gasteiger partial charge is 0.382 e. The molecule has 0 bridgehead atoms. The van der Waals surface area contributed by atoms with Crippen LogP contribution in [-0.4, -0.2) is 28.8 Å². The summed E-state index contributed by atoms with van der Waals surface area (Å²) in [5.74, 6) is 1.83. The van der Waals surface area contributed by atoms with E-state index in [2.05, 4.69) is 34.9 Å². The molecule has 0 spiro atoms. The van der Waals surface area contributed by atoms with Crippen LogP contribution in [0.25, 0.3) is 0 Å². The highest BCUT2D eigenvalue weighted by molar-refractivity contribution is 5.30. The number of hydrogen-bond donors (Lipinski definition) is 1. The molecule has 1 aliphatic carbocycles. The second kappa shape index (κ2) is 8.42. The number of nitrogens with zero attached hydrogens (tertiary/aromatic N) is 2. The minimum absolute atomic E-state index is 0.512. The lowest BCUT2D eigenvalue weighted by molar-refractivity contribution is 0.142. The Kier molecular flexibility index (Phi) is 6.55. The summed E-state index contributed by atoms with van der Waals surface area (Å²) in [4.78, 5) is 4.66. The topological polar surface area (TPSA) is 39.1 Å². The van der Waals surface area contributed by atoms with E-state index < -0.39 is 0 Å². The zero-order valence-corrected chi connectivity index (χ0v) is 13.9. The summed E-state index contributed by atoms with van der Waals surface area (Å²) in [6.45, 7) is 9.01. The lowest BCUT2D eigenvalue weighted by atomic mass is 9.85. The molecule has 1 unspecified atom stereocenters. The molecule has 0 amide bonds. The van der Waals surface area contributed by atoms with E-state index in [1.807, 2.05) is 6.92 Å². The molecule has 0 aromatic carbocycles. The average Bonchev–Trinajstić information content (AvgIpc) is 2.84. The first-order chi connectivity index (χ1) is 10.2. The second-order valence-corrected chi connectivity index (χ2v) is 6.28. The summed E-state index contributed by atoms with van der Waals surface area (Å²) >= 11 is 0. The highest BCUT2D eigenvalue weighted by Crippen LogP contribution is 2.28. The predicted octanol–water partition coefficient (Wildman–Crippen LogP) is 4.00. The molecule has 1 saturated carbocycles. The van der Waals surface area contributed by atoms with Crippen LogP contribution in [0, 0.1) is 12.8 Å². The van der Waals surface area contributed by atoms with Gasteiger partial charge in [0, 0.05) is 32.0 Å². The highest BCUT2D eigenvalue weighted by Gasteiger charge is 2.21. The Morgan fingerprint density at radius 1 is 1.38 bits per heavy atom. The van der Waals surface area contributed by atoms with E-state index in [-0.39, 0.29) is 0 Å². The number of aromatic nitrogens is 2. The van der Waals surface area contributed by atoms with Gasteiger partial charge in [0.2, 0.25) is 5.95 Å². The van der Waals surface area contributed by atoms with Gasteiger partial charge in [-0.15, -0.1) is 0 Å². The van der Waals surface area contributed by atoms with Gasteiger partial charge in [-0.25, -0.2) is 4.98 Å². The number of rotatable bonds is 8. The maximum absolute atomic E-state index is 5.42. The van der Waals surface area contributed by atoms with Crippen molar-refractivity contribution in [2.75, 3.05) is 18.5 Å². The number of hydrogen-bond acceptors (Lipinski definition) is 3. The van der Waals surface area contributed by atoms with Crippen LogP contribution >= 0.6 is 0 Å². The third kappa shape index (κ3) is 5.03. The molecule has 1 heterocycles. The van der Waals surface area contributed by atoms with Crippen molar-refractivity contribution >= 4 is 5.95 Å². The van der Waals surface area contributed by atoms with E-state index in [0.29, 0.717) is 6.04 Å². The molecular weight excluding hydrogens is 262 g/mol. The number of aryl methyl sites for hydroxylation is 2. The Hall–Kier alpha value is -1.03. The van der Waals surface area contributed by atoms with Gasteiger partial charge in [0.1, 0.15) is 0 Å². The van der Waals surface area contributed by atoms with Gasteiger partial charge in [-0.3, -0.25) is 0 Å². The normalized spacial score (nSPS) is 17.9. The molecule has 0 aliphatic heterocycles. The Balaban J connectivity index is 1.88. The Labute approximate surface area is 129 Å². The van der Waals surface area contributed by atoms with E-state index in [0.717, 1.165) is 43.7 Å². The summed E-state index contributed by atoms with van der Waals surface area (Å²) in [5, 5.41) is 3.65. The first-order valence-corrected chi connectivity index (χ1v) is 8.58. The molecule has 1 fully saturated rings. The number of imidazole rings is 1. The Morgan fingerprint density at radius 3 is 2.86 bits per heavy atom. The van der Waals surface area contributed by atoms with Gasteiger partial charge in [0.15, 0.2) is 0 Å². The molecule has 4 nitrogen and oxygen atoms in total. The van der Waals surface area contributed by atoms with E-state index in [1.54, 1.807) is 0 Å². The highest BCUT2D eigenvalue weighted by atomic mass is 16.5. The van der Waals surface area contributed by atoms with Gasteiger partial charge in [-0.2, -0.15) is 0 Å². The summed E-state index contributed by atoms with van der Waals surface area (Å²) in [5.41, 5.74) is 1.09. The van der Waals surface area contributed by atoms with Crippen molar-refractivity contribution in [2.24, 2.45) is 5.92 Å². The van der Waals surface area contributed by atoms with Crippen LogP contribution in [0.2, 0.25) is 0 Å². The molecule has 1 aromatic heterocycles. The number of nitrogens with one attached hydrogen (secondary N) is 1. The fourth-order valence-corrected chi connectivity index (χ4v) is 3.27. The molecule has 1 N–H and O–H groups in total. The molecule has 2 rings (SSSR count). The van der Waals surface area contributed by atoms with Crippen LogP contribution in [-0.2, 0) is 11.3 Å². The van der Waals surface area contributed by atoms with Gasteiger partial charge in [0.05, 0.1) is 5.69 Å². The van der Waals surface area contributed by atoms with Gasteiger partial charge >= 0.3 is 0 Å². The lowest BCUT2D eigenvalue weighted by Gasteiger charge is -2.28. The van der Waals surface area contributed by atoms with E-state index in [4.69, 9.17) is 4.74 Å². The summed E-state index contributed by atoms with van der Waals surface area (Å²) < 4.78 is 7.67. The molecule has 1 aromatic rings. The molecule has 1 aliphatic rings. The van der Waals surface area contributed by atoms with E-state index in [9.17, 15) is 0 Å².